The second kappa shape index (κ2) is 6.26. The van der Waals surface area contributed by atoms with Crippen molar-refractivity contribution in [2.75, 3.05) is 19.0 Å². The zero-order valence-electron chi connectivity index (χ0n) is 11.6. The summed E-state index contributed by atoms with van der Waals surface area (Å²) in [6.45, 7) is 2.69. The van der Waals surface area contributed by atoms with Gasteiger partial charge in [0.2, 0.25) is 0 Å². The van der Waals surface area contributed by atoms with Crippen molar-refractivity contribution in [3.63, 3.8) is 0 Å². The third kappa shape index (κ3) is 3.50. The second-order valence-corrected chi connectivity index (χ2v) is 5.48. The number of esters is 1. The van der Waals surface area contributed by atoms with Gasteiger partial charge >= 0.3 is 5.97 Å². The quantitative estimate of drug-likeness (QED) is 0.806. The number of methoxy groups -OCH3 is 1. The van der Waals surface area contributed by atoms with E-state index >= 15 is 0 Å². The molecular formula is C13H18ClN3O3. The van der Waals surface area contributed by atoms with E-state index in [1.54, 1.807) is 0 Å². The number of carbonyl (C=O) groups is 1. The normalized spacial score (nSPS) is 15.8. The summed E-state index contributed by atoms with van der Waals surface area (Å²) in [6.07, 6.45) is 4.01. The lowest BCUT2D eigenvalue weighted by Crippen LogP contribution is -2.28. The number of aromatic nitrogens is 2. The van der Waals surface area contributed by atoms with Gasteiger partial charge in [0.05, 0.1) is 19.0 Å². The van der Waals surface area contributed by atoms with Crippen molar-refractivity contribution < 1.29 is 9.53 Å². The number of nitrogens with zero attached hydrogens (tertiary/aromatic N) is 2. The zero-order valence-corrected chi connectivity index (χ0v) is 12.3. The van der Waals surface area contributed by atoms with Crippen molar-refractivity contribution in [2.24, 2.45) is 11.8 Å². The van der Waals surface area contributed by atoms with Crippen LogP contribution in [0.5, 0.6) is 0 Å². The number of anilines is 1. The first kappa shape index (κ1) is 14.8. The van der Waals surface area contributed by atoms with Gasteiger partial charge in [-0.2, -0.15) is 5.10 Å². The lowest BCUT2D eigenvalue weighted by molar-refractivity contribution is -0.141. The molecule has 7 heteroatoms. The Balaban J connectivity index is 2.05. The highest BCUT2D eigenvalue weighted by Gasteiger charge is 2.27. The van der Waals surface area contributed by atoms with Crippen molar-refractivity contribution in [2.45, 2.75) is 26.3 Å². The van der Waals surface area contributed by atoms with E-state index in [4.69, 9.17) is 11.6 Å². The van der Waals surface area contributed by atoms with Crippen LogP contribution in [0, 0.1) is 11.8 Å². The van der Waals surface area contributed by atoms with E-state index in [2.05, 4.69) is 22.1 Å². The van der Waals surface area contributed by atoms with Crippen molar-refractivity contribution in [3.8, 4) is 0 Å². The summed E-state index contributed by atoms with van der Waals surface area (Å²) in [4.78, 5) is 23.1. The maximum atomic E-state index is 12.0. The molecule has 1 N–H and O–H groups in total. The summed E-state index contributed by atoms with van der Waals surface area (Å²) in [5, 5.41) is 7.12. The summed E-state index contributed by atoms with van der Waals surface area (Å²) in [6, 6.07) is 0. The van der Waals surface area contributed by atoms with E-state index < -0.39 is 11.5 Å². The molecule has 1 aliphatic carbocycles. The van der Waals surface area contributed by atoms with Gasteiger partial charge in [-0.05, 0) is 24.7 Å². The van der Waals surface area contributed by atoms with Gasteiger partial charge in [0.25, 0.3) is 5.56 Å². The minimum Gasteiger partial charge on any atom is -0.468 e. The van der Waals surface area contributed by atoms with E-state index in [9.17, 15) is 9.59 Å². The van der Waals surface area contributed by atoms with Gasteiger partial charge in [0, 0.05) is 6.54 Å². The van der Waals surface area contributed by atoms with Gasteiger partial charge < -0.3 is 10.1 Å². The molecule has 0 aliphatic heterocycles. The Bertz CT molecular complexity index is 554. The number of hydrogen-bond acceptors (Lipinski definition) is 5. The van der Waals surface area contributed by atoms with Gasteiger partial charge in [-0.25, -0.2) is 4.68 Å². The van der Waals surface area contributed by atoms with E-state index in [-0.39, 0.29) is 11.6 Å². The Morgan fingerprint density at radius 2 is 2.35 bits per heavy atom. The Morgan fingerprint density at radius 3 is 2.95 bits per heavy atom. The molecular weight excluding hydrogens is 282 g/mol. The predicted molar refractivity (Wildman–Crippen MR) is 75.9 cm³/mol. The maximum absolute atomic E-state index is 12.0. The summed E-state index contributed by atoms with van der Waals surface area (Å²) < 4.78 is 5.48. The average molecular weight is 300 g/mol. The van der Waals surface area contributed by atoms with Crippen molar-refractivity contribution in [1.82, 2.24) is 9.78 Å². The number of nitrogens with one attached hydrogen (secondary N) is 1. The third-order valence-corrected chi connectivity index (χ3v) is 3.90. The molecule has 6 nitrogen and oxygen atoms in total. The number of ether oxygens (including phenoxy) is 1. The maximum Gasteiger partial charge on any atom is 0.327 e. The van der Waals surface area contributed by atoms with Crippen LogP contribution in [0.3, 0.4) is 0 Å². The molecule has 1 aromatic heterocycles. The lowest BCUT2D eigenvalue weighted by atomic mass is 10.1. The first-order valence-corrected chi connectivity index (χ1v) is 6.97. The third-order valence-electron chi connectivity index (χ3n) is 3.53. The van der Waals surface area contributed by atoms with Crippen LogP contribution in [0.4, 0.5) is 5.69 Å². The molecule has 0 spiro atoms. The van der Waals surface area contributed by atoms with Gasteiger partial charge in [-0.1, -0.05) is 18.5 Å². The van der Waals surface area contributed by atoms with Crippen molar-refractivity contribution >= 4 is 23.3 Å². The standard InChI is InChI=1S/C13H18ClN3O3/c1-8(9-3-4-9)5-15-10-6-16-17(7-11(18)20-2)13(19)12(10)14/h6,8-9,15H,3-5,7H2,1-2H3. The molecule has 2 rings (SSSR count). The largest absolute Gasteiger partial charge is 0.468 e. The molecule has 0 radical (unpaired) electrons. The van der Waals surface area contributed by atoms with E-state index in [1.165, 1.54) is 26.1 Å². The molecule has 0 amide bonds. The van der Waals surface area contributed by atoms with Crippen LogP contribution in [0.15, 0.2) is 11.0 Å². The van der Waals surface area contributed by atoms with Gasteiger partial charge in [-0.3, -0.25) is 9.59 Å². The molecule has 0 saturated heterocycles. The van der Waals surface area contributed by atoms with E-state index in [0.717, 1.165) is 17.1 Å². The minimum absolute atomic E-state index is 0.0481. The summed E-state index contributed by atoms with van der Waals surface area (Å²) in [5.74, 6) is 0.774. The van der Waals surface area contributed by atoms with Gasteiger partial charge in [0.15, 0.2) is 0 Å². The lowest BCUT2D eigenvalue weighted by Gasteiger charge is -2.13. The fraction of sp³-hybridized carbons (Fsp3) is 0.615. The van der Waals surface area contributed by atoms with Crippen LogP contribution in [-0.2, 0) is 16.1 Å². The molecule has 0 aromatic carbocycles. The SMILES string of the molecule is COC(=O)Cn1ncc(NCC(C)C2CC2)c(Cl)c1=O. The Labute approximate surface area is 122 Å². The fourth-order valence-corrected chi connectivity index (χ4v) is 2.20. The molecule has 0 bridgehead atoms. The highest BCUT2D eigenvalue weighted by Crippen LogP contribution is 2.36. The van der Waals surface area contributed by atoms with Crippen molar-refractivity contribution in [3.05, 3.63) is 21.6 Å². The van der Waals surface area contributed by atoms with Gasteiger partial charge in [-0.15, -0.1) is 0 Å². The van der Waals surface area contributed by atoms with Gasteiger partial charge in [0.1, 0.15) is 11.6 Å². The number of halogens is 1. The molecule has 1 saturated carbocycles. The molecule has 1 fully saturated rings. The Morgan fingerprint density at radius 1 is 1.65 bits per heavy atom. The number of carbonyl (C=O) groups excluding carboxylic acids is 1. The van der Waals surface area contributed by atoms with Crippen LogP contribution in [0.25, 0.3) is 0 Å². The molecule has 1 aromatic rings. The molecule has 1 aliphatic rings. The minimum atomic E-state index is -0.543. The first-order valence-electron chi connectivity index (χ1n) is 6.59. The zero-order chi connectivity index (χ0) is 14.7. The number of hydrogen-bond donors (Lipinski definition) is 1. The van der Waals surface area contributed by atoms with E-state index in [1.807, 2.05) is 0 Å². The molecule has 1 heterocycles. The molecule has 20 heavy (non-hydrogen) atoms. The second-order valence-electron chi connectivity index (χ2n) is 5.11. The molecule has 1 atom stereocenters. The topological polar surface area (TPSA) is 73.2 Å². The van der Waals surface area contributed by atoms with Crippen LogP contribution in [0.1, 0.15) is 19.8 Å². The Hall–Kier alpha value is -1.56. The predicted octanol–water partition coefficient (Wildman–Crippen LogP) is 1.53. The van der Waals surface area contributed by atoms with Crippen LogP contribution < -0.4 is 10.9 Å². The van der Waals surface area contributed by atoms with Crippen LogP contribution in [0.2, 0.25) is 5.02 Å². The summed E-state index contributed by atoms with van der Waals surface area (Å²) in [5.41, 5.74) is 0.00595. The van der Waals surface area contributed by atoms with Crippen LogP contribution >= 0.6 is 11.6 Å². The summed E-state index contributed by atoms with van der Waals surface area (Å²) >= 11 is 6.02. The highest BCUT2D eigenvalue weighted by molar-refractivity contribution is 6.32. The number of rotatable bonds is 6. The highest BCUT2D eigenvalue weighted by atomic mass is 35.5. The molecule has 110 valence electrons. The Kier molecular flexibility index (Phi) is 4.65. The van der Waals surface area contributed by atoms with Crippen LogP contribution in [-0.4, -0.2) is 29.4 Å². The smallest absolute Gasteiger partial charge is 0.327 e. The first-order chi connectivity index (χ1) is 9.52. The van der Waals surface area contributed by atoms with Crippen molar-refractivity contribution in [1.29, 1.82) is 0 Å². The average Bonchev–Trinajstić information content (AvgIpc) is 3.27. The fourth-order valence-electron chi connectivity index (χ4n) is 1.99. The monoisotopic (exact) mass is 299 g/mol. The molecule has 1 unspecified atom stereocenters. The summed E-state index contributed by atoms with van der Waals surface area (Å²) in [7, 11) is 1.25. The van der Waals surface area contributed by atoms with E-state index in [0.29, 0.717) is 11.6 Å².